The van der Waals surface area contributed by atoms with Crippen molar-refractivity contribution in [3.05, 3.63) is 17.7 Å². The van der Waals surface area contributed by atoms with Gasteiger partial charge in [-0.3, -0.25) is 4.79 Å². The number of hydrogen-bond donors (Lipinski definition) is 1. The van der Waals surface area contributed by atoms with Crippen molar-refractivity contribution in [3.63, 3.8) is 0 Å². The second kappa shape index (κ2) is 8.88. The van der Waals surface area contributed by atoms with Crippen molar-refractivity contribution in [1.82, 2.24) is 19.7 Å². The molecule has 1 saturated heterocycles. The molecule has 1 aromatic heterocycles. The second-order valence-corrected chi connectivity index (χ2v) is 9.46. The average molecular weight is 399 g/mol. The number of aromatic nitrogens is 1. The largest absolute Gasteiger partial charge is 0.383 e. The van der Waals surface area contributed by atoms with Gasteiger partial charge in [0.05, 0.1) is 5.92 Å². The lowest BCUT2D eigenvalue weighted by Gasteiger charge is -2.31. The van der Waals surface area contributed by atoms with Crippen LogP contribution in [0, 0.1) is 18.8 Å². The SMILES string of the molecule is Cc1noc(/C=C/N(C)C)c1S(=O)(=O)N1CCCC(C(=O)NCC(C)C)C1. The van der Waals surface area contributed by atoms with Crippen molar-refractivity contribution >= 4 is 22.0 Å². The molecule has 1 aliphatic rings. The Balaban J connectivity index is 2.21. The van der Waals surface area contributed by atoms with Crippen LogP contribution in [0.15, 0.2) is 15.6 Å². The van der Waals surface area contributed by atoms with Crippen molar-refractivity contribution in [2.24, 2.45) is 11.8 Å². The minimum Gasteiger partial charge on any atom is -0.383 e. The summed E-state index contributed by atoms with van der Waals surface area (Å²) in [6.07, 6.45) is 4.62. The number of piperidine rings is 1. The standard InChI is InChI=1S/C18H30N4O4S/c1-13(2)11-19-18(23)15-7-6-9-22(12-15)27(24,25)17-14(3)20-26-16(17)8-10-21(4)5/h8,10,13,15H,6-7,9,11-12H2,1-5H3,(H,19,23)/b10-8+. The Morgan fingerprint density at radius 3 is 2.78 bits per heavy atom. The molecule has 0 spiro atoms. The van der Waals surface area contributed by atoms with E-state index in [1.807, 2.05) is 27.9 Å². The molecule has 1 N–H and O–H groups in total. The van der Waals surface area contributed by atoms with Crippen LogP contribution in [-0.4, -0.2) is 62.4 Å². The van der Waals surface area contributed by atoms with E-state index in [1.54, 1.807) is 24.1 Å². The summed E-state index contributed by atoms with van der Waals surface area (Å²) in [7, 11) is -0.134. The number of nitrogens with one attached hydrogen (secondary N) is 1. The number of sulfonamides is 1. The number of carbonyl (C=O) groups is 1. The van der Waals surface area contributed by atoms with Gasteiger partial charge in [-0.1, -0.05) is 19.0 Å². The van der Waals surface area contributed by atoms with Crippen molar-refractivity contribution in [3.8, 4) is 0 Å². The van der Waals surface area contributed by atoms with Crippen LogP contribution in [0.25, 0.3) is 6.08 Å². The summed E-state index contributed by atoms with van der Waals surface area (Å²) in [4.78, 5) is 14.2. The van der Waals surface area contributed by atoms with Gasteiger partial charge in [-0.15, -0.1) is 0 Å². The van der Waals surface area contributed by atoms with E-state index < -0.39 is 10.0 Å². The van der Waals surface area contributed by atoms with Gasteiger partial charge in [0.2, 0.25) is 15.9 Å². The molecule has 8 nitrogen and oxygen atoms in total. The van der Waals surface area contributed by atoms with E-state index in [2.05, 4.69) is 10.5 Å². The Hall–Kier alpha value is -1.87. The van der Waals surface area contributed by atoms with E-state index in [0.717, 1.165) is 0 Å². The van der Waals surface area contributed by atoms with E-state index in [-0.39, 0.29) is 29.0 Å². The number of carbonyl (C=O) groups excluding carboxylic acids is 1. The maximum Gasteiger partial charge on any atom is 0.248 e. The lowest BCUT2D eigenvalue weighted by Crippen LogP contribution is -2.46. The molecule has 2 rings (SSSR count). The molecule has 152 valence electrons. The zero-order valence-corrected chi connectivity index (χ0v) is 17.5. The predicted octanol–water partition coefficient (Wildman–Crippen LogP) is 1.69. The Morgan fingerprint density at radius 2 is 2.15 bits per heavy atom. The summed E-state index contributed by atoms with van der Waals surface area (Å²) in [5.41, 5.74) is 0.319. The van der Waals surface area contributed by atoms with Crippen LogP contribution in [-0.2, 0) is 14.8 Å². The molecule has 0 saturated carbocycles. The number of amides is 1. The van der Waals surface area contributed by atoms with Crippen LogP contribution >= 0.6 is 0 Å². The third-order valence-corrected chi connectivity index (χ3v) is 6.42. The highest BCUT2D eigenvalue weighted by Crippen LogP contribution is 2.29. The molecule has 1 atom stereocenters. The summed E-state index contributed by atoms with van der Waals surface area (Å²) in [6.45, 7) is 6.81. The van der Waals surface area contributed by atoms with Crippen molar-refractivity contribution in [1.29, 1.82) is 0 Å². The number of hydrogen-bond acceptors (Lipinski definition) is 6. The van der Waals surface area contributed by atoms with E-state index >= 15 is 0 Å². The van der Waals surface area contributed by atoms with Gasteiger partial charge in [-0.05, 0) is 25.7 Å². The molecule has 0 aliphatic carbocycles. The van der Waals surface area contributed by atoms with Crippen LogP contribution in [0.1, 0.15) is 38.1 Å². The highest BCUT2D eigenvalue weighted by atomic mass is 32.2. The maximum atomic E-state index is 13.2. The Labute approximate surface area is 161 Å². The molecule has 0 radical (unpaired) electrons. The highest BCUT2D eigenvalue weighted by Gasteiger charge is 2.36. The van der Waals surface area contributed by atoms with Crippen molar-refractivity contribution in [2.45, 2.75) is 38.5 Å². The van der Waals surface area contributed by atoms with E-state index in [4.69, 9.17) is 4.52 Å². The Morgan fingerprint density at radius 1 is 1.44 bits per heavy atom. The van der Waals surface area contributed by atoms with Crippen LogP contribution < -0.4 is 5.32 Å². The van der Waals surface area contributed by atoms with Crippen LogP contribution in [0.3, 0.4) is 0 Å². The molecule has 27 heavy (non-hydrogen) atoms. The normalized spacial score (nSPS) is 19.0. The van der Waals surface area contributed by atoms with Gasteiger partial charge < -0.3 is 14.7 Å². The van der Waals surface area contributed by atoms with Gasteiger partial charge in [-0.25, -0.2) is 8.42 Å². The van der Waals surface area contributed by atoms with Gasteiger partial charge in [-0.2, -0.15) is 4.31 Å². The first kappa shape index (κ1) is 21.4. The van der Waals surface area contributed by atoms with Gasteiger partial charge in [0.25, 0.3) is 0 Å². The van der Waals surface area contributed by atoms with Crippen LogP contribution in [0.2, 0.25) is 0 Å². The quantitative estimate of drug-likeness (QED) is 0.751. The molecule has 1 unspecified atom stereocenters. The molecular formula is C18H30N4O4S. The predicted molar refractivity (Wildman–Crippen MR) is 103 cm³/mol. The maximum absolute atomic E-state index is 13.2. The van der Waals surface area contributed by atoms with Gasteiger partial charge in [0.1, 0.15) is 5.69 Å². The molecule has 2 heterocycles. The number of rotatable bonds is 7. The van der Waals surface area contributed by atoms with Gasteiger partial charge in [0.15, 0.2) is 10.7 Å². The first-order chi connectivity index (χ1) is 12.6. The smallest absolute Gasteiger partial charge is 0.248 e. The molecular weight excluding hydrogens is 368 g/mol. The minimum absolute atomic E-state index is 0.0730. The number of aryl methyl sites for hydroxylation is 1. The summed E-state index contributed by atoms with van der Waals surface area (Å²) >= 11 is 0. The van der Waals surface area contributed by atoms with Crippen LogP contribution in [0.5, 0.6) is 0 Å². The molecule has 9 heteroatoms. The van der Waals surface area contributed by atoms with Gasteiger partial charge >= 0.3 is 0 Å². The zero-order chi connectivity index (χ0) is 20.2. The summed E-state index contributed by atoms with van der Waals surface area (Å²) in [5, 5.41) is 6.73. The zero-order valence-electron chi connectivity index (χ0n) is 16.7. The molecule has 1 amide bonds. The summed E-state index contributed by atoms with van der Waals surface area (Å²) in [6, 6.07) is 0. The van der Waals surface area contributed by atoms with E-state index in [0.29, 0.717) is 37.5 Å². The Bertz CT molecular complexity index is 783. The average Bonchev–Trinajstić information content (AvgIpc) is 2.99. The monoisotopic (exact) mass is 398 g/mol. The number of nitrogens with zero attached hydrogens (tertiary/aromatic N) is 3. The third kappa shape index (κ3) is 5.32. The minimum atomic E-state index is -3.80. The second-order valence-electron chi connectivity index (χ2n) is 7.58. The lowest BCUT2D eigenvalue weighted by molar-refractivity contribution is -0.126. The molecule has 1 aliphatic heterocycles. The van der Waals surface area contributed by atoms with Crippen molar-refractivity contribution < 1.29 is 17.7 Å². The fourth-order valence-electron chi connectivity index (χ4n) is 2.97. The first-order valence-corrected chi connectivity index (χ1v) is 10.7. The fourth-order valence-corrected chi connectivity index (χ4v) is 4.74. The first-order valence-electron chi connectivity index (χ1n) is 9.21. The van der Waals surface area contributed by atoms with E-state index in [9.17, 15) is 13.2 Å². The highest BCUT2D eigenvalue weighted by molar-refractivity contribution is 7.89. The Kier molecular flexibility index (Phi) is 7.05. The lowest BCUT2D eigenvalue weighted by atomic mass is 9.98. The van der Waals surface area contributed by atoms with Crippen LogP contribution in [0.4, 0.5) is 0 Å². The third-order valence-electron chi connectivity index (χ3n) is 4.39. The van der Waals surface area contributed by atoms with Crippen molar-refractivity contribution in [2.75, 3.05) is 33.7 Å². The summed E-state index contributed by atoms with van der Waals surface area (Å²) in [5.74, 6) is 0.127. The molecule has 0 bridgehead atoms. The van der Waals surface area contributed by atoms with Gasteiger partial charge in [0, 0.05) is 46.0 Å². The fraction of sp³-hybridized carbons (Fsp3) is 0.667. The summed E-state index contributed by atoms with van der Waals surface area (Å²) < 4.78 is 33.0. The van der Waals surface area contributed by atoms with E-state index in [1.165, 1.54) is 4.31 Å². The topological polar surface area (TPSA) is 95.8 Å². The molecule has 1 aromatic rings. The molecule has 1 fully saturated rings. The molecule has 0 aromatic carbocycles.